The van der Waals surface area contributed by atoms with E-state index in [0.717, 1.165) is 16.3 Å². The van der Waals surface area contributed by atoms with Gasteiger partial charge in [-0.2, -0.15) is 0 Å². The van der Waals surface area contributed by atoms with Crippen molar-refractivity contribution in [3.8, 4) is 0 Å². The van der Waals surface area contributed by atoms with Crippen LogP contribution in [0, 0.1) is 0 Å². The summed E-state index contributed by atoms with van der Waals surface area (Å²) in [5.74, 6) is 0. The first kappa shape index (κ1) is 8.97. The normalized spacial score (nSPS) is 11.0. The number of nitrogens with two attached hydrogens (primary N) is 1. The van der Waals surface area contributed by atoms with Gasteiger partial charge >= 0.3 is 0 Å². The zero-order valence-electron chi connectivity index (χ0n) is 8.53. The Morgan fingerprint density at radius 2 is 1.75 bits per heavy atom. The van der Waals surface area contributed by atoms with Gasteiger partial charge in [-0.3, -0.25) is 4.79 Å². The average Bonchev–Trinajstić information content (AvgIpc) is 2.29. The topological polar surface area (TPSA) is 58.9 Å². The molecule has 0 saturated carbocycles. The molecule has 3 heteroatoms. The summed E-state index contributed by atoms with van der Waals surface area (Å²) < 4.78 is 0. The molecule has 3 nitrogen and oxygen atoms in total. The van der Waals surface area contributed by atoms with Gasteiger partial charge in [0.25, 0.3) is 5.56 Å². The van der Waals surface area contributed by atoms with Gasteiger partial charge in [0, 0.05) is 22.0 Å². The summed E-state index contributed by atoms with van der Waals surface area (Å²) in [6.45, 7) is 0. The van der Waals surface area contributed by atoms with Gasteiger partial charge in [-0.05, 0) is 23.6 Å². The van der Waals surface area contributed by atoms with Crippen molar-refractivity contribution in [3.05, 3.63) is 52.8 Å². The second-order valence-corrected chi connectivity index (χ2v) is 3.80. The molecule has 2 aromatic carbocycles. The maximum atomic E-state index is 11.8. The fraction of sp³-hybridized carbons (Fsp3) is 0. The lowest BCUT2D eigenvalue weighted by Crippen LogP contribution is -2.06. The SMILES string of the molecule is Nc1ccc2c(c1)c(=O)[nH]c1ccccc12. The monoisotopic (exact) mass is 210 g/mol. The number of H-pyrrole nitrogens is 1. The minimum atomic E-state index is -0.0963. The first-order valence-corrected chi connectivity index (χ1v) is 5.06. The average molecular weight is 210 g/mol. The Morgan fingerprint density at radius 3 is 2.62 bits per heavy atom. The van der Waals surface area contributed by atoms with Crippen LogP contribution >= 0.6 is 0 Å². The third-order valence-electron chi connectivity index (χ3n) is 2.75. The molecule has 0 amide bonds. The first-order chi connectivity index (χ1) is 7.75. The summed E-state index contributed by atoms with van der Waals surface area (Å²) in [5.41, 5.74) is 7.04. The molecule has 16 heavy (non-hydrogen) atoms. The summed E-state index contributed by atoms with van der Waals surface area (Å²) in [6, 6.07) is 13.2. The zero-order valence-corrected chi connectivity index (χ0v) is 8.53. The minimum absolute atomic E-state index is 0.0963. The number of pyridine rings is 1. The number of para-hydroxylation sites is 1. The minimum Gasteiger partial charge on any atom is -0.399 e. The van der Waals surface area contributed by atoms with E-state index in [1.54, 1.807) is 6.07 Å². The van der Waals surface area contributed by atoms with E-state index in [2.05, 4.69) is 4.98 Å². The predicted molar refractivity (Wildman–Crippen MR) is 66.5 cm³/mol. The zero-order chi connectivity index (χ0) is 11.1. The molecule has 0 saturated heterocycles. The van der Waals surface area contributed by atoms with E-state index < -0.39 is 0 Å². The largest absolute Gasteiger partial charge is 0.399 e. The fourth-order valence-electron chi connectivity index (χ4n) is 2.00. The lowest BCUT2D eigenvalue weighted by molar-refractivity contribution is 1.34. The number of aromatic amines is 1. The van der Waals surface area contributed by atoms with Crippen molar-refractivity contribution in [3.63, 3.8) is 0 Å². The van der Waals surface area contributed by atoms with Crippen LogP contribution in [0.25, 0.3) is 21.7 Å². The van der Waals surface area contributed by atoms with Crippen LogP contribution in [0.2, 0.25) is 0 Å². The molecule has 0 atom stereocenters. The van der Waals surface area contributed by atoms with Crippen LogP contribution in [-0.4, -0.2) is 4.98 Å². The van der Waals surface area contributed by atoms with E-state index in [0.29, 0.717) is 11.1 Å². The van der Waals surface area contributed by atoms with E-state index in [-0.39, 0.29) is 5.56 Å². The molecular formula is C13H10N2O. The van der Waals surface area contributed by atoms with Crippen LogP contribution in [0.15, 0.2) is 47.3 Å². The quantitative estimate of drug-likeness (QED) is 0.441. The van der Waals surface area contributed by atoms with E-state index in [1.165, 1.54) is 0 Å². The van der Waals surface area contributed by atoms with Gasteiger partial charge in [0.1, 0.15) is 0 Å². The number of hydrogen-bond donors (Lipinski definition) is 2. The lowest BCUT2D eigenvalue weighted by Gasteiger charge is -2.03. The molecule has 1 heterocycles. The molecule has 0 aliphatic heterocycles. The first-order valence-electron chi connectivity index (χ1n) is 5.06. The van der Waals surface area contributed by atoms with Gasteiger partial charge in [0.2, 0.25) is 0 Å². The Balaban J connectivity index is 2.65. The summed E-state index contributed by atoms with van der Waals surface area (Å²) >= 11 is 0. The second kappa shape index (κ2) is 3.10. The smallest absolute Gasteiger partial charge is 0.256 e. The Morgan fingerprint density at radius 1 is 0.938 bits per heavy atom. The predicted octanol–water partition coefficient (Wildman–Crippen LogP) is 2.26. The van der Waals surface area contributed by atoms with Gasteiger partial charge in [-0.1, -0.05) is 24.3 Å². The Labute approximate surface area is 91.5 Å². The van der Waals surface area contributed by atoms with Crippen LogP contribution in [-0.2, 0) is 0 Å². The third kappa shape index (κ3) is 1.18. The van der Waals surface area contributed by atoms with E-state index in [4.69, 9.17) is 5.73 Å². The summed E-state index contributed by atoms with van der Waals surface area (Å²) in [5, 5.41) is 2.62. The van der Waals surface area contributed by atoms with Gasteiger partial charge in [-0.25, -0.2) is 0 Å². The summed E-state index contributed by atoms with van der Waals surface area (Å²) in [7, 11) is 0. The van der Waals surface area contributed by atoms with Crippen molar-refractivity contribution in [2.75, 3.05) is 5.73 Å². The highest BCUT2D eigenvalue weighted by atomic mass is 16.1. The molecule has 3 rings (SSSR count). The molecule has 78 valence electrons. The molecule has 0 radical (unpaired) electrons. The highest BCUT2D eigenvalue weighted by Gasteiger charge is 2.04. The Hall–Kier alpha value is -2.29. The van der Waals surface area contributed by atoms with Crippen LogP contribution < -0.4 is 11.3 Å². The highest BCUT2D eigenvalue weighted by Crippen LogP contribution is 2.22. The van der Waals surface area contributed by atoms with Crippen molar-refractivity contribution >= 4 is 27.4 Å². The molecule has 0 fully saturated rings. The van der Waals surface area contributed by atoms with Crippen molar-refractivity contribution in [1.82, 2.24) is 4.98 Å². The molecule has 3 N–H and O–H groups in total. The summed E-state index contributed by atoms with van der Waals surface area (Å²) in [6.07, 6.45) is 0. The number of nitrogens with one attached hydrogen (secondary N) is 1. The van der Waals surface area contributed by atoms with Crippen LogP contribution in [0.4, 0.5) is 5.69 Å². The molecule has 0 bridgehead atoms. The van der Waals surface area contributed by atoms with Crippen molar-refractivity contribution in [2.45, 2.75) is 0 Å². The summed E-state index contributed by atoms with van der Waals surface area (Å²) in [4.78, 5) is 14.7. The van der Waals surface area contributed by atoms with Crippen molar-refractivity contribution in [2.24, 2.45) is 0 Å². The fourth-order valence-corrected chi connectivity index (χ4v) is 2.00. The third-order valence-corrected chi connectivity index (χ3v) is 2.75. The standard InChI is InChI=1S/C13H10N2O/c14-8-5-6-9-10-3-1-2-4-12(10)15-13(16)11(9)7-8/h1-7H,14H2,(H,15,16). The molecule has 1 aromatic heterocycles. The maximum Gasteiger partial charge on any atom is 0.256 e. The van der Waals surface area contributed by atoms with E-state index >= 15 is 0 Å². The Bertz CT molecular complexity index is 744. The molecule has 0 aliphatic rings. The van der Waals surface area contributed by atoms with Crippen molar-refractivity contribution < 1.29 is 0 Å². The molecule has 0 aliphatic carbocycles. The number of fused-ring (bicyclic) bond motifs is 3. The molecule has 0 spiro atoms. The molecular weight excluding hydrogens is 200 g/mol. The van der Waals surface area contributed by atoms with Crippen molar-refractivity contribution in [1.29, 1.82) is 0 Å². The second-order valence-electron chi connectivity index (χ2n) is 3.80. The number of rotatable bonds is 0. The number of anilines is 1. The Kier molecular flexibility index (Phi) is 1.74. The number of nitrogen functional groups attached to an aromatic ring is 1. The van der Waals surface area contributed by atoms with E-state index in [1.807, 2.05) is 36.4 Å². The highest BCUT2D eigenvalue weighted by molar-refractivity contribution is 6.05. The van der Waals surface area contributed by atoms with Gasteiger partial charge in [0.15, 0.2) is 0 Å². The van der Waals surface area contributed by atoms with E-state index in [9.17, 15) is 4.79 Å². The van der Waals surface area contributed by atoms with Gasteiger partial charge < -0.3 is 10.7 Å². The lowest BCUT2D eigenvalue weighted by atomic mass is 10.1. The number of aromatic nitrogens is 1. The maximum absolute atomic E-state index is 11.8. The number of benzene rings is 2. The number of hydrogen-bond acceptors (Lipinski definition) is 2. The molecule has 0 unspecified atom stereocenters. The van der Waals surface area contributed by atoms with Crippen LogP contribution in [0.3, 0.4) is 0 Å². The van der Waals surface area contributed by atoms with Gasteiger partial charge in [0.05, 0.1) is 0 Å². The molecule has 3 aromatic rings. The van der Waals surface area contributed by atoms with Crippen LogP contribution in [0.1, 0.15) is 0 Å². The van der Waals surface area contributed by atoms with Crippen LogP contribution in [0.5, 0.6) is 0 Å². The van der Waals surface area contributed by atoms with Gasteiger partial charge in [-0.15, -0.1) is 0 Å².